The van der Waals surface area contributed by atoms with E-state index in [1.54, 1.807) is 6.08 Å². The second-order valence-electron chi connectivity index (χ2n) is 12.2. The van der Waals surface area contributed by atoms with Gasteiger partial charge in [-0.25, -0.2) is 4.79 Å². The number of allylic oxidation sites excluding steroid dienone is 1. The van der Waals surface area contributed by atoms with E-state index in [1.165, 1.54) is 50.7 Å². The van der Waals surface area contributed by atoms with E-state index in [1.807, 2.05) is 0 Å². The van der Waals surface area contributed by atoms with Crippen LogP contribution in [0.25, 0.3) is 0 Å². The number of rotatable bonds is 24. The molecule has 0 aliphatic carbocycles. The number of nitrogens with one attached hydrogen (secondary N) is 1. The highest BCUT2D eigenvalue weighted by molar-refractivity contribution is 5.90. The Morgan fingerprint density at radius 2 is 1.41 bits per heavy atom. The highest BCUT2D eigenvalue weighted by Gasteiger charge is 2.42. The van der Waals surface area contributed by atoms with Gasteiger partial charge in [-0.2, -0.15) is 0 Å². The lowest BCUT2D eigenvalue weighted by atomic mass is 9.87. The van der Waals surface area contributed by atoms with Crippen LogP contribution in [-0.2, 0) is 27.2 Å². The van der Waals surface area contributed by atoms with Crippen molar-refractivity contribution < 1.29 is 24.6 Å². The van der Waals surface area contributed by atoms with Gasteiger partial charge in [0, 0.05) is 19.4 Å². The molecule has 0 aromatic heterocycles. The minimum Gasteiger partial charge on any atom is -0.479 e. The topological polar surface area (TPSA) is 104 Å². The van der Waals surface area contributed by atoms with Crippen LogP contribution in [0, 0.1) is 11.8 Å². The molecule has 0 bridgehead atoms. The molecular weight excluding hydrogens is 514 g/mol. The van der Waals surface area contributed by atoms with Gasteiger partial charge in [-0.3, -0.25) is 9.59 Å². The van der Waals surface area contributed by atoms with Gasteiger partial charge in [0.15, 0.2) is 5.60 Å². The number of hydrogen-bond donors (Lipinski definition) is 3. The molecule has 0 heterocycles. The Bertz CT molecular complexity index is 904. The number of hydrogen-bond acceptors (Lipinski definition) is 4. The number of carbonyl (C=O) groups is 3. The molecule has 1 aromatic rings. The van der Waals surface area contributed by atoms with Crippen molar-refractivity contribution in [3.63, 3.8) is 0 Å². The first-order valence-corrected chi connectivity index (χ1v) is 16.1. The third-order valence-corrected chi connectivity index (χ3v) is 7.77. The van der Waals surface area contributed by atoms with Crippen LogP contribution < -0.4 is 5.32 Å². The fraction of sp³-hybridized carbons (Fsp3) is 0.686. The van der Waals surface area contributed by atoms with Crippen molar-refractivity contribution in [3.05, 3.63) is 47.5 Å². The predicted octanol–water partition coefficient (Wildman–Crippen LogP) is 7.60. The molecule has 1 rings (SSSR count). The van der Waals surface area contributed by atoms with Gasteiger partial charge in [0.2, 0.25) is 5.91 Å². The van der Waals surface area contributed by atoms with E-state index >= 15 is 0 Å². The van der Waals surface area contributed by atoms with Crippen molar-refractivity contribution in [2.45, 2.75) is 136 Å². The summed E-state index contributed by atoms with van der Waals surface area (Å²) in [6, 6.07) is 8.41. The Labute approximate surface area is 249 Å². The lowest BCUT2D eigenvalue weighted by Crippen LogP contribution is -2.49. The molecule has 6 nitrogen and oxygen atoms in total. The number of carboxylic acids is 1. The SMILES string of the molecule is CCCCCCCC(=O)CCCCCC/C=C/[C@H](C(=O)NCCc1ccc(CCCC(C)C)cc1)[C@](C)(O)C(=O)O. The summed E-state index contributed by atoms with van der Waals surface area (Å²) in [6.07, 6.45) is 19.0. The lowest BCUT2D eigenvalue weighted by molar-refractivity contribution is -0.163. The van der Waals surface area contributed by atoms with E-state index < -0.39 is 23.4 Å². The summed E-state index contributed by atoms with van der Waals surface area (Å²) in [4.78, 5) is 36.6. The Kier molecular flexibility index (Phi) is 19.0. The second kappa shape index (κ2) is 21.3. The minimum atomic E-state index is -2.20. The number of unbranched alkanes of at least 4 members (excludes halogenated alkanes) is 8. The van der Waals surface area contributed by atoms with Crippen molar-refractivity contribution in [1.82, 2.24) is 5.32 Å². The van der Waals surface area contributed by atoms with Crippen LogP contribution in [0.1, 0.15) is 129 Å². The van der Waals surface area contributed by atoms with E-state index in [0.29, 0.717) is 43.9 Å². The number of aryl methyl sites for hydroxylation is 1. The Morgan fingerprint density at radius 3 is 1.98 bits per heavy atom. The zero-order valence-corrected chi connectivity index (χ0v) is 26.3. The Hall–Kier alpha value is -2.47. The standard InChI is InChI=1S/C35H57NO5/c1-5-6-7-10-13-19-31(37)20-14-11-8-9-12-15-21-32(35(4,41)34(39)40)33(38)36-27-26-30-24-22-29(23-25-30)18-16-17-28(2)3/h15,21-25,28,32,41H,5-14,16-20,26-27H2,1-4H3,(H,36,38)(H,39,40)/b21-15+/t32-,35+/m1/s1. The van der Waals surface area contributed by atoms with E-state index in [4.69, 9.17) is 0 Å². The fourth-order valence-corrected chi connectivity index (χ4v) is 4.91. The van der Waals surface area contributed by atoms with Gasteiger partial charge in [0.1, 0.15) is 5.78 Å². The third kappa shape index (κ3) is 16.5. The monoisotopic (exact) mass is 571 g/mol. The molecular formula is C35H57NO5. The van der Waals surface area contributed by atoms with E-state index in [0.717, 1.165) is 50.5 Å². The average Bonchev–Trinajstić information content (AvgIpc) is 2.92. The van der Waals surface area contributed by atoms with Gasteiger partial charge < -0.3 is 15.5 Å². The van der Waals surface area contributed by atoms with Crippen molar-refractivity contribution in [3.8, 4) is 0 Å². The van der Waals surface area contributed by atoms with Crippen LogP contribution >= 0.6 is 0 Å². The summed E-state index contributed by atoms with van der Waals surface area (Å²) < 4.78 is 0. The normalized spacial score (nSPS) is 13.8. The van der Waals surface area contributed by atoms with Crippen molar-refractivity contribution >= 4 is 17.7 Å². The van der Waals surface area contributed by atoms with E-state index in [2.05, 4.69) is 50.4 Å². The highest BCUT2D eigenvalue weighted by atomic mass is 16.4. The number of ketones is 1. The van der Waals surface area contributed by atoms with Crippen LogP contribution in [0.15, 0.2) is 36.4 Å². The van der Waals surface area contributed by atoms with Gasteiger partial charge in [0.25, 0.3) is 0 Å². The molecule has 6 heteroatoms. The van der Waals surface area contributed by atoms with Crippen LogP contribution in [-0.4, -0.2) is 40.0 Å². The van der Waals surface area contributed by atoms with Crippen molar-refractivity contribution in [2.24, 2.45) is 11.8 Å². The molecule has 2 atom stereocenters. The fourth-order valence-electron chi connectivity index (χ4n) is 4.91. The quantitative estimate of drug-likeness (QED) is 0.0875. The number of aliphatic carboxylic acids is 1. The predicted molar refractivity (Wildman–Crippen MR) is 168 cm³/mol. The molecule has 0 radical (unpaired) electrons. The number of carbonyl (C=O) groups excluding carboxylic acids is 2. The first-order chi connectivity index (χ1) is 19.6. The zero-order valence-electron chi connectivity index (χ0n) is 26.3. The van der Waals surface area contributed by atoms with Crippen molar-refractivity contribution in [1.29, 1.82) is 0 Å². The maximum absolute atomic E-state index is 12.9. The Morgan fingerprint density at radius 1 is 0.854 bits per heavy atom. The largest absolute Gasteiger partial charge is 0.479 e. The number of benzene rings is 1. The molecule has 0 unspecified atom stereocenters. The van der Waals surface area contributed by atoms with Gasteiger partial charge in [-0.05, 0) is 68.9 Å². The number of aliphatic hydroxyl groups is 1. The maximum atomic E-state index is 12.9. The van der Waals surface area contributed by atoms with Gasteiger partial charge in [-0.1, -0.05) is 102 Å². The van der Waals surface area contributed by atoms with E-state index in [9.17, 15) is 24.6 Å². The first kappa shape index (κ1) is 36.6. The summed E-state index contributed by atoms with van der Waals surface area (Å²) in [5, 5.41) is 22.9. The summed E-state index contributed by atoms with van der Waals surface area (Å²) in [6.45, 7) is 8.19. The molecule has 41 heavy (non-hydrogen) atoms. The third-order valence-electron chi connectivity index (χ3n) is 7.77. The molecule has 0 aliphatic rings. The minimum absolute atomic E-state index is 0.361. The van der Waals surface area contributed by atoms with Gasteiger partial charge in [-0.15, -0.1) is 0 Å². The maximum Gasteiger partial charge on any atom is 0.336 e. The molecule has 0 aliphatic heterocycles. The Balaban J connectivity index is 2.41. The number of Topliss-reactive ketones (excluding diaryl/α,β-unsaturated/α-hetero) is 1. The highest BCUT2D eigenvalue weighted by Crippen LogP contribution is 2.21. The summed E-state index contributed by atoms with van der Waals surface area (Å²) >= 11 is 0. The molecule has 3 N–H and O–H groups in total. The first-order valence-electron chi connectivity index (χ1n) is 16.1. The molecule has 0 fully saturated rings. The number of carboxylic acid groups (broad SMARTS) is 1. The van der Waals surface area contributed by atoms with Crippen LogP contribution in [0.5, 0.6) is 0 Å². The van der Waals surface area contributed by atoms with E-state index in [-0.39, 0.29) is 0 Å². The van der Waals surface area contributed by atoms with Gasteiger partial charge in [0.05, 0.1) is 5.92 Å². The van der Waals surface area contributed by atoms with Crippen LogP contribution in [0.2, 0.25) is 0 Å². The molecule has 0 spiro atoms. The summed E-state index contributed by atoms with van der Waals surface area (Å²) in [5.41, 5.74) is 0.209. The molecule has 1 aromatic carbocycles. The number of amides is 1. The van der Waals surface area contributed by atoms with Crippen LogP contribution in [0.4, 0.5) is 0 Å². The lowest BCUT2D eigenvalue weighted by Gasteiger charge is -2.25. The van der Waals surface area contributed by atoms with Crippen LogP contribution in [0.3, 0.4) is 0 Å². The van der Waals surface area contributed by atoms with Crippen molar-refractivity contribution in [2.75, 3.05) is 6.54 Å². The summed E-state index contributed by atoms with van der Waals surface area (Å²) in [7, 11) is 0. The zero-order chi connectivity index (χ0) is 30.5. The second-order valence-corrected chi connectivity index (χ2v) is 12.2. The molecule has 0 saturated heterocycles. The smallest absolute Gasteiger partial charge is 0.336 e. The average molecular weight is 572 g/mol. The molecule has 0 saturated carbocycles. The van der Waals surface area contributed by atoms with Gasteiger partial charge >= 0.3 is 5.97 Å². The summed E-state index contributed by atoms with van der Waals surface area (Å²) in [5.74, 6) is -2.03. The molecule has 232 valence electrons. The molecule has 1 amide bonds.